The number of nitrogens with zero attached hydrogens (tertiary/aromatic N) is 6. The van der Waals surface area contributed by atoms with E-state index in [9.17, 15) is 13.2 Å². The van der Waals surface area contributed by atoms with Gasteiger partial charge < -0.3 is 4.74 Å². The van der Waals surface area contributed by atoms with Crippen LogP contribution in [0.3, 0.4) is 0 Å². The second-order valence-electron chi connectivity index (χ2n) is 8.42. The van der Waals surface area contributed by atoms with Crippen LogP contribution in [0.4, 0.5) is 13.2 Å². The molecule has 2 heterocycles. The first kappa shape index (κ1) is 26.4. The number of aromatic nitrogens is 4. The van der Waals surface area contributed by atoms with Crippen molar-refractivity contribution in [3.8, 4) is 28.5 Å². The highest BCUT2D eigenvalue weighted by Gasteiger charge is 2.31. The first-order valence-electron chi connectivity index (χ1n) is 11.6. The van der Waals surface area contributed by atoms with Crippen molar-refractivity contribution in [2.24, 2.45) is 10.2 Å². The lowest BCUT2D eigenvalue weighted by Gasteiger charge is -2.11. The van der Waals surface area contributed by atoms with Gasteiger partial charge >= 0.3 is 6.36 Å². The second kappa shape index (κ2) is 10.9. The van der Waals surface area contributed by atoms with Gasteiger partial charge in [-0.05, 0) is 55.3 Å². The van der Waals surface area contributed by atoms with E-state index in [1.165, 1.54) is 46.6 Å². The van der Waals surface area contributed by atoms with Gasteiger partial charge in [0.15, 0.2) is 5.82 Å². The molecular formula is C27H20ClF3N6OS. The maximum absolute atomic E-state index is 12.4. The number of rotatable bonds is 6. The molecule has 0 aliphatic rings. The summed E-state index contributed by atoms with van der Waals surface area (Å²) in [5.41, 5.74) is 5.06. The van der Waals surface area contributed by atoms with Gasteiger partial charge in [-0.2, -0.15) is 5.10 Å². The van der Waals surface area contributed by atoms with Crippen molar-refractivity contribution in [3.63, 3.8) is 0 Å². The van der Waals surface area contributed by atoms with Gasteiger partial charge in [0, 0.05) is 16.6 Å². The summed E-state index contributed by atoms with van der Waals surface area (Å²) in [7, 11) is 0. The first-order chi connectivity index (χ1) is 18.7. The Balaban J connectivity index is 1.31. The van der Waals surface area contributed by atoms with Gasteiger partial charge in [-0.1, -0.05) is 48.0 Å². The van der Waals surface area contributed by atoms with Crippen LogP contribution in [0.25, 0.3) is 22.8 Å². The molecule has 0 atom stereocenters. The van der Waals surface area contributed by atoms with Crippen molar-refractivity contribution in [3.05, 3.63) is 105 Å². The molecule has 12 heteroatoms. The molecule has 2 aromatic heterocycles. The standard InChI is InChI=1S/C27H20ClF3N6OS/c1-17-4-3-5-23(28)24(17)37-18(2)15-39-26(37)34-33-14-19-6-8-20(9-7-19)25-32-16-36(35-25)21-10-12-22(13-11-21)38-27(29,30)31/h3-16H,1-2H3/b33-14+,34-26-. The third kappa shape index (κ3) is 6.10. The SMILES string of the molecule is Cc1cccc(Cl)c1-n1c(C)cs/c1=N\N=C\c1ccc(-c2ncn(-c3ccc(OC(F)(F)F)cc3)n2)cc1. The first-order valence-corrected chi connectivity index (χ1v) is 12.8. The monoisotopic (exact) mass is 568 g/mol. The molecule has 0 radical (unpaired) electrons. The van der Waals surface area contributed by atoms with Gasteiger partial charge in [0.2, 0.25) is 4.80 Å². The summed E-state index contributed by atoms with van der Waals surface area (Å²) in [5.74, 6) is 0.155. The van der Waals surface area contributed by atoms with Crippen molar-refractivity contribution < 1.29 is 17.9 Å². The average molecular weight is 569 g/mol. The highest BCUT2D eigenvalue weighted by atomic mass is 35.5. The minimum absolute atomic E-state index is 0.307. The Morgan fingerprint density at radius 3 is 2.44 bits per heavy atom. The van der Waals surface area contributed by atoms with E-state index in [0.29, 0.717) is 21.3 Å². The van der Waals surface area contributed by atoms with Crippen LogP contribution in [0.1, 0.15) is 16.8 Å². The number of hydrogen-bond acceptors (Lipinski definition) is 6. The number of hydrogen-bond donors (Lipinski definition) is 0. The lowest BCUT2D eigenvalue weighted by atomic mass is 10.1. The summed E-state index contributed by atoms with van der Waals surface area (Å²) < 4.78 is 44.5. The molecule has 5 aromatic rings. The van der Waals surface area contributed by atoms with E-state index < -0.39 is 6.36 Å². The zero-order chi connectivity index (χ0) is 27.6. The van der Waals surface area contributed by atoms with Gasteiger partial charge in [-0.15, -0.1) is 34.7 Å². The van der Waals surface area contributed by atoms with Crippen LogP contribution in [0, 0.1) is 13.8 Å². The number of alkyl halides is 3. The molecular weight excluding hydrogens is 549 g/mol. The van der Waals surface area contributed by atoms with Crippen LogP contribution in [0.5, 0.6) is 5.75 Å². The van der Waals surface area contributed by atoms with E-state index >= 15 is 0 Å². The topological polar surface area (TPSA) is 69.6 Å². The van der Waals surface area contributed by atoms with E-state index in [1.54, 1.807) is 6.21 Å². The van der Waals surface area contributed by atoms with Gasteiger partial charge in [0.25, 0.3) is 0 Å². The van der Waals surface area contributed by atoms with Crippen LogP contribution < -0.4 is 9.54 Å². The molecule has 0 spiro atoms. The Bertz CT molecular complexity index is 1680. The number of benzene rings is 3. The zero-order valence-corrected chi connectivity index (χ0v) is 22.2. The van der Waals surface area contributed by atoms with Crippen molar-refractivity contribution >= 4 is 29.2 Å². The fourth-order valence-corrected chi connectivity index (χ4v) is 4.95. The Morgan fingerprint density at radius 2 is 1.74 bits per heavy atom. The summed E-state index contributed by atoms with van der Waals surface area (Å²) in [5, 5.41) is 15.8. The van der Waals surface area contributed by atoms with Crippen molar-refractivity contribution in [1.82, 2.24) is 19.3 Å². The summed E-state index contributed by atoms with van der Waals surface area (Å²) in [6.07, 6.45) is -1.60. The van der Waals surface area contributed by atoms with E-state index in [4.69, 9.17) is 11.6 Å². The normalized spacial score (nSPS) is 12.4. The minimum Gasteiger partial charge on any atom is -0.406 e. The molecule has 198 valence electrons. The molecule has 0 aliphatic heterocycles. The third-order valence-corrected chi connectivity index (χ3v) is 6.88. The average Bonchev–Trinajstić information content (AvgIpc) is 3.52. The van der Waals surface area contributed by atoms with Gasteiger partial charge in [-0.3, -0.25) is 4.57 Å². The fourth-order valence-electron chi connectivity index (χ4n) is 3.82. The number of aryl methyl sites for hydroxylation is 2. The Labute approximate surface area is 230 Å². The lowest BCUT2D eigenvalue weighted by Crippen LogP contribution is -2.17. The van der Waals surface area contributed by atoms with Crippen molar-refractivity contribution in [1.29, 1.82) is 0 Å². The molecule has 5 rings (SSSR count). The Morgan fingerprint density at radius 1 is 1.00 bits per heavy atom. The molecule has 0 unspecified atom stereocenters. The summed E-state index contributed by atoms with van der Waals surface area (Å²) in [4.78, 5) is 5.01. The van der Waals surface area contributed by atoms with Crippen LogP contribution >= 0.6 is 22.9 Å². The maximum Gasteiger partial charge on any atom is 0.573 e. The highest BCUT2D eigenvalue weighted by Crippen LogP contribution is 2.25. The van der Waals surface area contributed by atoms with Gasteiger partial charge in [0.1, 0.15) is 12.1 Å². The molecule has 7 nitrogen and oxygen atoms in total. The van der Waals surface area contributed by atoms with E-state index in [1.807, 2.05) is 66.3 Å². The van der Waals surface area contributed by atoms with E-state index in [0.717, 1.165) is 28.1 Å². The highest BCUT2D eigenvalue weighted by molar-refractivity contribution is 7.07. The predicted molar refractivity (Wildman–Crippen MR) is 145 cm³/mol. The second-order valence-corrected chi connectivity index (χ2v) is 9.67. The van der Waals surface area contributed by atoms with Crippen LogP contribution in [0.15, 0.2) is 88.6 Å². The number of para-hydroxylation sites is 1. The fraction of sp³-hybridized carbons (Fsp3) is 0.111. The van der Waals surface area contributed by atoms with Crippen LogP contribution in [0.2, 0.25) is 5.02 Å². The molecule has 0 N–H and O–H groups in total. The summed E-state index contributed by atoms with van der Waals surface area (Å²) in [6.45, 7) is 3.99. The molecule has 3 aromatic carbocycles. The maximum atomic E-state index is 12.4. The van der Waals surface area contributed by atoms with Crippen molar-refractivity contribution in [2.45, 2.75) is 20.2 Å². The Kier molecular flexibility index (Phi) is 7.36. The molecule has 0 saturated carbocycles. The van der Waals surface area contributed by atoms with Gasteiger partial charge in [-0.25, -0.2) is 9.67 Å². The van der Waals surface area contributed by atoms with Crippen LogP contribution in [-0.4, -0.2) is 31.9 Å². The lowest BCUT2D eigenvalue weighted by molar-refractivity contribution is -0.274. The number of ether oxygens (including phenoxy) is 1. The number of thiazole rings is 1. The van der Waals surface area contributed by atoms with Gasteiger partial charge in [0.05, 0.1) is 22.6 Å². The largest absolute Gasteiger partial charge is 0.573 e. The summed E-state index contributed by atoms with van der Waals surface area (Å²) >= 11 is 7.95. The molecule has 0 saturated heterocycles. The van der Waals surface area contributed by atoms with Crippen molar-refractivity contribution in [2.75, 3.05) is 0 Å². The number of halogens is 4. The predicted octanol–water partition coefficient (Wildman–Crippen LogP) is 6.89. The molecule has 0 bridgehead atoms. The van der Waals surface area contributed by atoms with E-state index in [2.05, 4.69) is 25.0 Å². The summed E-state index contributed by atoms with van der Waals surface area (Å²) in [6, 6.07) is 18.6. The van der Waals surface area contributed by atoms with Crippen LogP contribution in [-0.2, 0) is 0 Å². The zero-order valence-electron chi connectivity index (χ0n) is 20.6. The third-order valence-electron chi connectivity index (χ3n) is 5.64. The smallest absolute Gasteiger partial charge is 0.406 e. The molecule has 39 heavy (non-hydrogen) atoms. The molecule has 0 aliphatic carbocycles. The molecule has 0 amide bonds. The van der Waals surface area contributed by atoms with E-state index in [-0.39, 0.29) is 5.75 Å². The quantitative estimate of drug-likeness (QED) is 0.165. The minimum atomic E-state index is -4.74. The Hall–Kier alpha value is -4.22. The molecule has 0 fully saturated rings.